The molecule has 2 aliphatic heterocycles. The van der Waals surface area contributed by atoms with Gasteiger partial charge >= 0.3 is 0 Å². The van der Waals surface area contributed by atoms with Crippen molar-refractivity contribution in [3.05, 3.63) is 204 Å². The third kappa shape index (κ3) is 5.70. The number of aromatic nitrogens is 2. The van der Waals surface area contributed by atoms with Crippen molar-refractivity contribution in [2.24, 2.45) is 0 Å². The number of para-hydroxylation sites is 6. The van der Waals surface area contributed by atoms with Crippen molar-refractivity contribution >= 4 is 77.2 Å². The summed E-state index contributed by atoms with van der Waals surface area (Å²) < 4.78 is 2.35. The molecule has 4 nitrogen and oxygen atoms in total. The average Bonchev–Trinajstić information content (AvgIpc) is 3.95. The maximum atomic E-state index is 5.24. The van der Waals surface area contributed by atoms with E-state index in [1.54, 1.807) is 22.7 Å². The van der Waals surface area contributed by atoms with E-state index in [-0.39, 0.29) is 10.8 Å². The first kappa shape index (κ1) is 36.9. The molecule has 0 radical (unpaired) electrons. The van der Waals surface area contributed by atoms with Crippen molar-refractivity contribution in [3.63, 3.8) is 0 Å². The zero-order valence-electron chi connectivity index (χ0n) is 34.9. The van der Waals surface area contributed by atoms with Crippen LogP contribution in [0.15, 0.2) is 182 Å². The van der Waals surface area contributed by atoms with Crippen molar-refractivity contribution in [2.75, 3.05) is 9.80 Å². The number of nitrogens with zero attached hydrogens (tertiary/aromatic N) is 4. The maximum Gasteiger partial charge on any atom is 0.124 e. The zero-order valence-corrected chi connectivity index (χ0v) is 36.6. The number of thiazole rings is 2. The molecular formula is C56H42N4S2. The van der Waals surface area contributed by atoms with Gasteiger partial charge in [-0.1, -0.05) is 125 Å². The molecule has 0 saturated carbocycles. The zero-order chi connectivity index (χ0) is 41.7. The third-order valence-corrected chi connectivity index (χ3v) is 15.2. The first-order valence-electron chi connectivity index (χ1n) is 21.2. The number of hydrogen-bond donors (Lipinski definition) is 0. The lowest BCUT2D eigenvalue weighted by atomic mass is 9.73. The smallest absolute Gasteiger partial charge is 0.124 e. The summed E-state index contributed by atoms with van der Waals surface area (Å²) in [5.74, 6) is 0. The van der Waals surface area contributed by atoms with Gasteiger partial charge in [0, 0.05) is 33.3 Å². The van der Waals surface area contributed by atoms with Crippen LogP contribution in [0.1, 0.15) is 49.9 Å². The number of anilines is 6. The lowest BCUT2D eigenvalue weighted by Gasteiger charge is -2.42. The largest absolute Gasteiger partial charge is 0.310 e. The summed E-state index contributed by atoms with van der Waals surface area (Å²) in [5, 5.41) is 1.99. The Morgan fingerprint density at radius 2 is 0.661 bits per heavy atom. The fourth-order valence-electron chi connectivity index (χ4n) is 9.95. The van der Waals surface area contributed by atoms with E-state index >= 15 is 0 Å². The minimum absolute atomic E-state index is 0.173. The van der Waals surface area contributed by atoms with Crippen molar-refractivity contribution in [2.45, 2.75) is 38.5 Å². The standard InChI is InChI=1S/C56H42N4S2/c1-55(2)41-17-5-11-23-47(41)59(48-24-12-6-18-42(48)55)39-31-35(29-37(33-39)53-57-45-21-9-15-27-51(45)61-53)36-30-38(54-58-46-22-10-16-28-52(46)62-54)34-40(32-36)60-49-25-13-7-19-43(49)56(3,4)44-20-8-14-26-50(44)60/h5-34H,1-4H3. The minimum Gasteiger partial charge on any atom is -0.310 e. The van der Waals surface area contributed by atoms with Crippen LogP contribution in [0.2, 0.25) is 0 Å². The Labute approximate surface area is 370 Å². The molecule has 0 aliphatic carbocycles. The summed E-state index contributed by atoms with van der Waals surface area (Å²) in [7, 11) is 0. The van der Waals surface area contributed by atoms with Gasteiger partial charge in [0.05, 0.1) is 43.2 Å². The van der Waals surface area contributed by atoms with Gasteiger partial charge in [-0.2, -0.15) is 0 Å². The summed E-state index contributed by atoms with van der Waals surface area (Å²) in [5.41, 5.74) is 18.2. The van der Waals surface area contributed by atoms with Gasteiger partial charge in [-0.05, 0) is 118 Å². The van der Waals surface area contributed by atoms with Crippen LogP contribution in [0.5, 0.6) is 0 Å². The first-order chi connectivity index (χ1) is 30.2. The molecule has 0 amide bonds. The van der Waals surface area contributed by atoms with Crippen molar-refractivity contribution in [1.29, 1.82) is 0 Å². The Kier molecular flexibility index (Phi) is 8.24. The van der Waals surface area contributed by atoms with E-state index in [1.165, 1.54) is 54.4 Å². The molecule has 8 aromatic carbocycles. The third-order valence-electron chi connectivity index (χ3n) is 13.0. The van der Waals surface area contributed by atoms with Gasteiger partial charge in [0.1, 0.15) is 10.0 Å². The molecule has 0 bridgehead atoms. The van der Waals surface area contributed by atoms with Crippen molar-refractivity contribution in [1.82, 2.24) is 9.97 Å². The Hall–Kier alpha value is -6.86. The molecule has 0 atom stereocenters. The van der Waals surface area contributed by atoms with Crippen LogP contribution < -0.4 is 9.80 Å². The highest BCUT2D eigenvalue weighted by atomic mass is 32.1. The second-order valence-corrected chi connectivity index (χ2v) is 19.6. The summed E-state index contributed by atoms with van der Waals surface area (Å²) in [6, 6.07) is 66.6. The number of hydrogen-bond acceptors (Lipinski definition) is 6. The summed E-state index contributed by atoms with van der Waals surface area (Å²) in [6.07, 6.45) is 0. The predicted molar refractivity (Wildman–Crippen MR) is 263 cm³/mol. The minimum atomic E-state index is -0.173. The summed E-state index contributed by atoms with van der Waals surface area (Å²) >= 11 is 3.49. The van der Waals surface area contributed by atoms with Gasteiger partial charge in [-0.15, -0.1) is 22.7 Å². The van der Waals surface area contributed by atoms with Gasteiger partial charge in [0.15, 0.2) is 0 Å². The molecule has 2 aromatic heterocycles. The molecule has 298 valence electrons. The number of rotatable bonds is 5. The molecule has 0 N–H and O–H groups in total. The molecule has 12 rings (SSSR count). The highest BCUT2D eigenvalue weighted by Gasteiger charge is 2.38. The van der Waals surface area contributed by atoms with Crippen LogP contribution in [-0.2, 0) is 10.8 Å². The second kappa shape index (κ2) is 13.8. The summed E-state index contributed by atoms with van der Waals surface area (Å²) in [6.45, 7) is 9.38. The Morgan fingerprint density at radius 3 is 1.02 bits per heavy atom. The van der Waals surface area contributed by atoms with E-state index < -0.39 is 0 Å². The molecule has 6 heteroatoms. The molecule has 0 spiro atoms. The van der Waals surface area contributed by atoms with Gasteiger partial charge in [0.25, 0.3) is 0 Å². The topological polar surface area (TPSA) is 32.3 Å². The highest BCUT2D eigenvalue weighted by molar-refractivity contribution is 7.22. The van der Waals surface area contributed by atoms with E-state index in [2.05, 4.69) is 219 Å². The van der Waals surface area contributed by atoms with Crippen LogP contribution in [0.3, 0.4) is 0 Å². The predicted octanol–water partition coefficient (Wildman–Crippen LogP) is 16.1. The van der Waals surface area contributed by atoms with Crippen LogP contribution in [-0.4, -0.2) is 9.97 Å². The fourth-order valence-corrected chi connectivity index (χ4v) is 11.9. The van der Waals surface area contributed by atoms with Crippen LogP contribution in [0.25, 0.3) is 52.7 Å². The number of fused-ring (bicyclic) bond motifs is 6. The Bertz CT molecular complexity index is 3020. The Balaban J connectivity index is 1.14. The summed E-state index contributed by atoms with van der Waals surface area (Å²) in [4.78, 5) is 15.4. The van der Waals surface area contributed by atoms with Gasteiger partial charge in [-0.25, -0.2) is 9.97 Å². The van der Waals surface area contributed by atoms with Crippen LogP contribution in [0.4, 0.5) is 34.1 Å². The van der Waals surface area contributed by atoms with Crippen molar-refractivity contribution < 1.29 is 0 Å². The lowest BCUT2D eigenvalue weighted by molar-refractivity contribution is 0.631. The molecule has 0 saturated heterocycles. The molecular weight excluding hydrogens is 793 g/mol. The van der Waals surface area contributed by atoms with E-state index in [0.717, 1.165) is 54.7 Å². The van der Waals surface area contributed by atoms with Crippen LogP contribution in [0, 0.1) is 0 Å². The van der Waals surface area contributed by atoms with E-state index in [9.17, 15) is 0 Å². The molecule has 4 heterocycles. The van der Waals surface area contributed by atoms with Gasteiger partial charge in [-0.3, -0.25) is 0 Å². The van der Waals surface area contributed by atoms with E-state index in [1.807, 2.05) is 0 Å². The quantitative estimate of drug-likeness (QED) is 0.173. The lowest BCUT2D eigenvalue weighted by Crippen LogP contribution is -2.30. The average molecular weight is 835 g/mol. The van der Waals surface area contributed by atoms with E-state index in [0.29, 0.717) is 0 Å². The normalized spacial score (nSPS) is 14.6. The molecule has 10 aromatic rings. The van der Waals surface area contributed by atoms with Gasteiger partial charge < -0.3 is 9.80 Å². The maximum absolute atomic E-state index is 5.24. The highest BCUT2D eigenvalue weighted by Crippen LogP contribution is 2.55. The van der Waals surface area contributed by atoms with Crippen LogP contribution >= 0.6 is 22.7 Å². The van der Waals surface area contributed by atoms with Crippen molar-refractivity contribution in [3.8, 4) is 32.3 Å². The fraction of sp³-hybridized carbons (Fsp3) is 0.107. The molecule has 62 heavy (non-hydrogen) atoms. The first-order valence-corrected chi connectivity index (χ1v) is 22.9. The number of benzene rings is 8. The molecule has 2 aliphatic rings. The van der Waals surface area contributed by atoms with E-state index in [4.69, 9.17) is 9.97 Å². The molecule has 0 fully saturated rings. The van der Waals surface area contributed by atoms with Gasteiger partial charge in [0.2, 0.25) is 0 Å². The SMILES string of the molecule is CC1(C)c2ccccc2N(c2cc(-c3cc(-c4nc5ccccc5s4)cc(N4c5ccccc5C(C)(C)c5ccccc54)c3)cc(-c3nc4ccccc4s3)c2)c2ccccc21. The second-order valence-electron chi connectivity index (χ2n) is 17.5. The monoisotopic (exact) mass is 834 g/mol. The molecule has 0 unspecified atom stereocenters. The Morgan fingerprint density at radius 1 is 0.355 bits per heavy atom.